The summed E-state index contributed by atoms with van der Waals surface area (Å²) in [5.74, 6) is 0.192. The summed E-state index contributed by atoms with van der Waals surface area (Å²) in [4.78, 5) is 29.6. The van der Waals surface area contributed by atoms with E-state index in [1.807, 2.05) is 66.9 Å². The molecule has 8 heteroatoms. The topological polar surface area (TPSA) is 86.1 Å². The predicted octanol–water partition coefficient (Wildman–Crippen LogP) is 4.32. The van der Waals surface area contributed by atoms with Crippen molar-refractivity contribution in [2.45, 2.75) is 13.8 Å². The number of benzene rings is 2. The Balaban J connectivity index is 1.56. The molecule has 4 aromatic rings. The Morgan fingerprint density at radius 3 is 2.58 bits per heavy atom. The number of hydrogen-bond donors (Lipinski definition) is 1. The summed E-state index contributed by atoms with van der Waals surface area (Å²) < 4.78 is 7.02. The van der Waals surface area contributed by atoms with Crippen LogP contribution in [0.15, 0.2) is 70.8 Å². The molecule has 2 aromatic heterocycles. The average molecular weight is 433 g/mol. The van der Waals surface area contributed by atoms with E-state index in [-0.39, 0.29) is 5.69 Å². The zero-order valence-corrected chi connectivity index (χ0v) is 17.8. The van der Waals surface area contributed by atoms with Crippen LogP contribution < -0.4 is 15.5 Å². The summed E-state index contributed by atoms with van der Waals surface area (Å²) >= 11 is 1.28. The van der Waals surface area contributed by atoms with Crippen molar-refractivity contribution in [1.82, 2.24) is 14.8 Å². The third kappa shape index (κ3) is 4.54. The van der Waals surface area contributed by atoms with E-state index in [9.17, 15) is 9.59 Å². The van der Waals surface area contributed by atoms with Gasteiger partial charge >= 0.3 is 0 Å². The molecule has 0 spiro atoms. The summed E-state index contributed by atoms with van der Waals surface area (Å²) in [5, 5.41) is 9.21. The fourth-order valence-electron chi connectivity index (χ4n) is 3.04. The van der Waals surface area contributed by atoms with E-state index in [4.69, 9.17) is 4.74 Å². The molecule has 0 unspecified atom stereocenters. The van der Waals surface area contributed by atoms with Gasteiger partial charge < -0.3 is 4.74 Å². The minimum Gasteiger partial charge on any atom is -0.494 e. The lowest BCUT2D eigenvalue weighted by molar-refractivity contribution is 0.101. The molecule has 1 N–H and O–H groups in total. The van der Waals surface area contributed by atoms with Gasteiger partial charge in [-0.25, -0.2) is 9.67 Å². The molecular weight excluding hydrogens is 412 g/mol. The van der Waals surface area contributed by atoms with Crippen LogP contribution in [0.3, 0.4) is 0 Å². The van der Waals surface area contributed by atoms with E-state index in [2.05, 4.69) is 15.4 Å². The van der Waals surface area contributed by atoms with Crippen LogP contribution in [0.25, 0.3) is 16.9 Å². The molecule has 31 heavy (non-hydrogen) atoms. The second-order valence-corrected chi connectivity index (χ2v) is 7.55. The number of aromatic nitrogens is 3. The minimum absolute atomic E-state index is 0.188. The predicted molar refractivity (Wildman–Crippen MR) is 121 cm³/mol. The number of carbonyl (C=O) groups is 1. The van der Waals surface area contributed by atoms with Crippen LogP contribution in [0, 0.1) is 6.92 Å². The molecule has 0 fully saturated rings. The number of rotatable bonds is 6. The van der Waals surface area contributed by atoms with Crippen LogP contribution in [0.4, 0.5) is 5.13 Å². The molecule has 156 valence electrons. The number of ether oxygens (including phenoxy) is 1. The molecule has 0 aliphatic rings. The number of carbonyl (C=O) groups excluding carboxylic acids is 1. The van der Waals surface area contributed by atoms with Gasteiger partial charge in [-0.2, -0.15) is 5.10 Å². The van der Waals surface area contributed by atoms with Gasteiger partial charge in [0.25, 0.3) is 5.91 Å². The van der Waals surface area contributed by atoms with Gasteiger partial charge in [-0.3, -0.25) is 14.9 Å². The van der Waals surface area contributed by atoms with Crippen molar-refractivity contribution in [2.24, 2.45) is 0 Å². The van der Waals surface area contributed by atoms with Crippen molar-refractivity contribution >= 4 is 22.4 Å². The average Bonchev–Trinajstić information content (AvgIpc) is 3.23. The van der Waals surface area contributed by atoms with Crippen LogP contribution in [-0.4, -0.2) is 27.3 Å². The molecule has 2 heterocycles. The van der Waals surface area contributed by atoms with Crippen molar-refractivity contribution in [3.05, 3.63) is 87.7 Å². The Kier molecular flexibility index (Phi) is 5.90. The van der Waals surface area contributed by atoms with E-state index in [1.165, 1.54) is 17.4 Å². The Bertz CT molecular complexity index is 1260. The lowest BCUT2D eigenvalue weighted by Gasteiger charge is -2.10. The van der Waals surface area contributed by atoms with Crippen molar-refractivity contribution < 1.29 is 9.53 Å². The molecule has 0 saturated carbocycles. The van der Waals surface area contributed by atoms with Crippen LogP contribution in [-0.2, 0) is 0 Å². The minimum atomic E-state index is -0.595. The first-order chi connectivity index (χ1) is 15.0. The largest absolute Gasteiger partial charge is 0.494 e. The Hall–Kier alpha value is -3.78. The van der Waals surface area contributed by atoms with Gasteiger partial charge in [-0.05, 0) is 50.2 Å². The normalized spacial score (nSPS) is 10.6. The van der Waals surface area contributed by atoms with Gasteiger partial charge in [-0.15, -0.1) is 11.3 Å². The van der Waals surface area contributed by atoms with Gasteiger partial charge in [0, 0.05) is 22.7 Å². The number of para-hydroxylation sites is 1. The first-order valence-corrected chi connectivity index (χ1v) is 10.6. The summed E-state index contributed by atoms with van der Waals surface area (Å²) in [6, 6.07) is 18.3. The first-order valence-electron chi connectivity index (χ1n) is 9.71. The molecule has 0 aliphatic carbocycles. The molecule has 0 aliphatic heterocycles. The van der Waals surface area contributed by atoms with Crippen molar-refractivity contribution in [2.75, 3.05) is 11.9 Å². The highest BCUT2D eigenvalue weighted by molar-refractivity contribution is 7.14. The number of nitrogens with zero attached hydrogens (tertiary/aromatic N) is 3. The van der Waals surface area contributed by atoms with Crippen LogP contribution in [0.2, 0.25) is 0 Å². The summed E-state index contributed by atoms with van der Waals surface area (Å²) in [5.41, 5.74) is 2.40. The van der Waals surface area contributed by atoms with Crippen LogP contribution >= 0.6 is 11.3 Å². The zero-order chi connectivity index (χ0) is 21.8. The molecule has 7 nitrogen and oxygen atoms in total. The molecule has 0 atom stereocenters. The standard InChI is InChI=1S/C23H20N4O3S/c1-3-30-18-11-9-16(10-12-18)19-14-31-23(24-19)25-22(29)21-20(28)13-15(2)27(26-21)17-7-5-4-6-8-17/h4-14H,3H2,1-2H3,(H,24,25,29). The maximum atomic E-state index is 12.8. The number of hydrogen-bond acceptors (Lipinski definition) is 6. The molecule has 4 rings (SSSR count). The van der Waals surface area contributed by atoms with E-state index >= 15 is 0 Å². The highest BCUT2D eigenvalue weighted by Gasteiger charge is 2.17. The SMILES string of the molecule is CCOc1ccc(-c2csc(NC(=O)c3nn(-c4ccccc4)c(C)cc3=O)n2)cc1. The molecular formula is C23H20N4O3S. The monoisotopic (exact) mass is 432 g/mol. The number of anilines is 1. The number of aryl methyl sites for hydroxylation is 1. The Morgan fingerprint density at radius 2 is 1.87 bits per heavy atom. The maximum Gasteiger partial charge on any atom is 0.281 e. The smallest absolute Gasteiger partial charge is 0.281 e. The Labute approximate surface area is 183 Å². The molecule has 1 amide bonds. The summed E-state index contributed by atoms with van der Waals surface area (Å²) in [6.07, 6.45) is 0. The fourth-order valence-corrected chi connectivity index (χ4v) is 3.76. The van der Waals surface area contributed by atoms with Crippen LogP contribution in [0.1, 0.15) is 23.1 Å². The second-order valence-electron chi connectivity index (χ2n) is 6.70. The highest BCUT2D eigenvalue weighted by Crippen LogP contribution is 2.26. The van der Waals surface area contributed by atoms with E-state index in [1.54, 1.807) is 11.6 Å². The molecule has 0 bridgehead atoms. The third-order valence-corrected chi connectivity index (χ3v) is 5.27. The summed E-state index contributed by atoms with van der Waals surface area (Å²) in [6.45, 7) is 4.30. The van der Waals surface area contributed by atoms with Gasteiger partial charge in [-0.1, -0.05) is 18.2 Å². The third-order valence-electron chi connectivity index (χ3n) is 4.51. The molecule has 2 aromatic carbocycles. The number of thiazole rings is 1. The van der Waals surface area contributed by atoms with E-state index in [0.717, 1.165) is 22.7 Å². The molecule has 0 radical (unpaired) electrons. The summed E-state index contributed by atoms with van der Waals surface area (Å²) in [7, 11) is 0. The van der Waals surface area contributed by atoms with Gasteiger partial charge in [0.1, 0.15) is 5.75 Å². The quantitative estimate of drug-likeness (QED) is 0.491. The Morgan fingerprint density at radius 1 is 1.13 bits per heavy atom. The lowest BCUT2D eigenvalue weighted by atomic mass is 10.2. The van der Waals surface area contributed by atoms with Crippen molar-refractivity contribution in [3.63, 3.8) is 0 Å². The number of nitrogens with one attached hydrogen (secondary N) is 1. The van der Waals surface area contributed by atoms with Gasteiger partial charge in [0.05, 0.1) is 18.0 Å². The lowest BCUT2D eigenvalue weighted by Crippen LogP contribution is -2.26. The first kappa shape index (κ1) is 20.5. The zero-order valence-electron chi connectivity index (χ0n) is 17.0. The van der Waals surface area contributed by atoms with Crippen LogP contribution in [0.5, 0.6) is 5.75 Å². The second kappa shape index (κ2) is 8.93. The van der Waals surface area contributed by atoms with E-state index < -0.39 is 11.3 Å². The number of amides is 1. The van der Waals surface area contributed by atoms with Crippen molar-refractivity contribution in [3.8, 4) is 22.7 Å². The van der Waals surface area contributed by atoms with Crippen molar-refractivity contribution in [1.29, 1.82) is 0 Å². The highest BCUT2D eigenvalue weighted by atomic mass is 32.1. The maximum absolute atomic E-state index is 12.8. The fraction of sp³-hybridized carbons (Fsp3) is 0.130. The molecule has 0 saturated heterocycles. The van der Waals surface area contributed by atoms with Gasteiger partial charge in [0.15, 0.2) is 10.8 Å². The van der Waals surface area contributed by atoms with Gasteiger partial charge in [0.2, 0.25) is 5.43 Å². The van der Waals surface area contributed by atoms with E-state index in [0.29, 0.717) is 17.4 Å².